The van der Waals surface area contributed by atoms with Crippen LogP contribution >= 0.6 is 11.3 Å². The van der Waals surface area contributed by atoms with E-state index in [1.54, 1.807) is 17.5 Å². The minimum Gasteiger partial charge on any atom is -0.371 e. The predicted molar refractivity (Wildman–Crippen MR) is 83.0 cm³/mol. The van der Waals surface area contributed by atoms with E-state index < -0.39 is 5.54 Å². The van der Waals surface area contributed by atoms with E-state index >= 15 is 0 Å². The lowest BCUT2D eigenvalue weighted by Crippen LogP contribution is -2.28. The van der Waals surface area contributed by atoms with Crippen molar-refractivity contribution >= 4 is 27.9 Å². The number of fused-ring (bicyclic) bond motifs is 1. The molecule has 0 saturated heterocycles. The predicted octanol–water partition coefficient (Wildman–Crippen LogP) is 3.31. The van der Waals surface area contributed by atoms with Crippen LogP contribution in [-0.4, -0.2) is 15.2 Å². The quantitative estimate of drug-likeness (QED) is 0.802. The molecule has 5 nitrogen and oxygen atoms in total. The summed E-state index contributed by atoms with van der Waals surface area (Å²) in [5, 5.41) is 24.6. The molecular formula is C15H13N5S. The molecule has 0 aliphatic heterocycles. The van der Waals surface area contributed by atoms with Crippen molar-refractivity contribution in [1.82, 2.24) is 15.2 Å². The van der Waals surface area contributed by atoms with Crippen molar-refractivity contribution in [2.75, 3.05) is 5.32 Å². The van der Waals surface area contributed by atoms with Gasteiger partial charge in [-0.1, -0.05) is 18.2 Å². The van der Waals surface area contributed by atoms with E-state index in [1.807, 2.05) is 43.5 Å². The zero-order valence-corrected chi connectivity index (χ0v) is 12.5. The largest absolute Gasteiger partial charge is 0.371 e. The summed E-state index contributed by atoms with van der Waals surface area (Å²) in [4.78, 5) is 4.36. The van der Waals surface area contributed by atoms with Crippen molar-refractivity contribution in [3.8, 4) is 6.07 Å². The third kappa shape index (κ3) is 2.43. The molecule has 1 N–H and O–H groups in total. The van der Waals surface area contributed by atoms with Crippen LogP contribution < -0.4 is 5.32 Å². The van der Waals surface area contributed by atoms with Crippen LogP contribution in [0.15, 0.2) is 35.8 Å². The van der Waals surface area contributed by atoms with Gasteiger partial charge in [0.25, 0.3) is 0 Å². The van der Waals surface area contributed by atoms with Crippen molar-refractivity contribution in [2.45, 2.75) is 19.4 Å². The third-order valence-electron chi connectivity index (χ3n) is 3.18. The Kier molecular flexibility index (Phi) is 3.28. The van der Waals surface area contributed by atoms with Gasteiger partial charge in [0.15, 0.2) is 5.69 Å². The molecular weight excluding hydrogens is 282 g/mol. The fraction of sp³-hybridized carbons (Fsp3) is 0.200. The molecule has 6 heteroatoms. The highest BCUT2D eigenvalue weighted by molar-refractivity contribution is 7.09. The topological polar surface area (TPSA) is 74.5 Å². The van der Waals surface area contributed by atoms with Gasteiger partial charge in [0.2, 0.25) is 0 Å². The van der Waals surface area contributed by atoms with E-state index in [9.17, 15) is 5.26 Å². The molecule has 3 aromatic rings. The van der Waals surface area contributed by atoms with Crippen LogP contribution in [0.25, 0.3) is 10.9 Å². The van der Waals surface area contributed by atoms with Crippen LogP contribution in [-0.2, 0) is 5.54 Å². The lowest BCUT2D eigenvalue weighted by molar-refractivity contribution is 0.604. The summed E-state index contributed by atoms with van der Waals surface area (Å²) >= 11 is 1.58. The summed E-state index contributed by atoms with van der Waals surface area (Å²) in [6.45, 7) is 4.06. The van der Waals surface area contributed by atoms with E-state index in [-0.39, 0.29) is 0 Å². The van der Waals surface area contributed by atoms with Gasteiger partial charge in [0, 0.05) is 17.0 Å². The number of nitriles is 1. The summed E-state index contributed by atoms with van der Waals surface area (Å²) in [5.41, 5.74) is 1.35. The minimum atomic E-state index is -0.397. The van der Waals surface area contributed by atoms with Crippen molar-refractivity contribution in [2.24, 2.45) is 0 Å². The fourth-order valence-corrected chi connectivity index (χ4v) is 2.87. The van der Waals surface area contributed by atoms with Gasteiger partial charge in [-0.25, -0.2) is 4.98 Å². The van der Waals surface area contributed by atoms with Gasteiger partial charge in [-0.2, -0.15) is 5.26 Å². The third-order valence-corrected chi connectivity index (χ3v) is 4.28. The minimum absolute atomic E-state index is 0.290. The van der Waals surface area contributed by atoms with E-state index in [2.05, 4.69) is 26.6 Å². The first kappa shape index (κ1) is 13.5. The van der Waals surface area contributed by atoms with Gasteiger partial charge in [0.1, 0.15) is 11.1 Å². The van der Waals surface area contributed by atoms with E-state index in [1.165, 1.54) is 0 Å². The molecule has 1 aromatic carbocycles. The van der Waals surface area contributed by atoms with E-state index in [4.69, 9.17) is 0 Å². The molecule has 0 amide bonds. The monoisotopic (exact) mass is 295 g/mol. The van der Waals surface area contributed by atoms with Gasteiger partial charge < -0.3 is 5.32 Å². The molecule has 3 rings (SSSR count). The summed E-state index contributed by atoms with van der Waals surface area (Å²) in [6, 6.07) is 9.74. The normalized spacial score (nSPS) is 11.3. The Morgan fingerprint density at radius 1 is 1.24 bits per heavy atom. The lowest BCUT2D eigenvalue weighted by atomic mass is 10.0. The first-order valence-electron chi connectivity index (χ1n) is 6.45. The smallest absolute Gasteiger partial charge is 0.186 e. The van der Waals surface area contributed by atoms with Crippen molar-refractivity contribution in [1.29, 1.82) is 5.26 Å². The second kappa shape index (κ2) is 5.11. The summed E-state index contributed by atoms with van der Waals surface area (Å²) in [7, 11) is 0. The zero-order chi connectivity index (χ0) is 14.9. The number of hydrogen-bond acceptors (Lipinski definition) is 6. The van der Waals surface area contributed by atoms with Gasteiger partial charge in [-0.05, 0) is 19.9 Å². The number of hydrogen-bond donors (Lipinski definition) is 1. The first-order chi connectivity index (χ1) is 10.1. The molecule has 0 unspecified atom stereocenters. The van der Waals surface area contributed by atoms with Gasteiger partial charge in [-0.3, -0.25) is 0 Å². The summed E-state index contributed by atoms with van der Waals surface area (Å²) in [5.74, 6) is 0. The number of aromatic nitrogens is 3. The molecule has 0 aliphatic rings. The van der Waals surface area contributed by atoms with Crippen LogP contribution in [0.3, 0.4) is 0 Å². The summed E-state index contributed by atoms with van der Waals surface area (Å²) in [6.07, 6.45) is 1.78. The average molecular weight is 295 g/mol. The second-order valence-corrected chi connectivity index (χ2v) is 6.03. The summed E-state index contributed by atoms with van der Waals surface area (Å²) < 4.78 is 0. The highest BCUT2D eigenvalue weighted by Gasteiger charge is 2.25. The number of nitrogens with one attached hydrogen (secondary N) is 1. The highest BCUT2D eigenvalue weighted by atomic mass is 32.1. The maximum atomic E-state index is 9.30. The van der Waals surface area contributed by atoms with Crippen LogP contribution in [0.1, 0.15) is 24.5 Å². The number of nitrogens with zero attached hydrogens (tertiary/aromatic N) is 4. The Labute approximate surface area is 126 Å². The molecule has 104 valence electrons. The van der Waals surface area contributed by atoms with E-state index in [0.717, 1.165) is 15.9 Å². The number of benzene rings is 1. The van der Waals surface area contributed by atoms with Crippen molar-refractivity contribution in [3.63, 3.8) is 0 Å². The molecule has 0 fully saturated rings. The molecule has 0 atom stereocenters. The average Bonchev–Trinajstić information content (AvgIpc) is 3.02. The maximum absolute atomic E-state index is 9.30. The zero-order valence-electron chi connectivity index (χ0n) is 11.7. The van der Waals surface area contributed by atoms with Gasteiger partial charge in [-0.15, -0.1) is 21.5 Å². The van der Waals surface area contributed by atoms with Crippen LogP contribution in [0.2, 0.25) is 0 Å². The fourth-order valence-electron chi connectivity index (χ4n) is 2.16. The van der Waals surface area contributed by atoms with Gasteiger partial charge >= 0.3 is 0 Å². The Bertz CT molecular complexity index is 818. The molecule has 0 radical (unpaired) electrons. The van der Waals surface area contributed by atoms with Crippen LogP contribution in [0, 0.1) is 11.3 Å². The molecule has 2 heterocycles. The standard InChI is InChI=1S/C15H13N5S/c1-15(2,14-17-7-8-21-14)18-13-10-5-3-4-6-11(10)19-20-12(13)9-16/h3-8H,1-2H3,(H,18,19). The number of anilines is 1. The van der Waals surface area contributed by atoms with Crippen LogP contribution in [0.5, 0.6) is 0 Å². The molecule has 21 heavy (non-hydrogen) atoms. The van der Waals surface area contributed by atoms with Crippen LogP contribution in [0.4, 0.5) is 5.69 Å². The van der Waals surface area contributed by atoms with Crippen molar-refractivity contribution < 1.29 is 0 Å². The van der Waals surface area contributed by atoms with E-state index in [0.29, 0.717) is 11.4 Å². The number of rotatable bonds is 3. The maximum Gasteiger partial charge on any atom is 0.186 e. The SMILES string of the molecule is CC(C)(Nc1c(C#N)nnc2ccccc12)c1nccs1. The Balaban J connectivity index is 2.14. The Hall–Kier alpha value is -2.52. The molecule has 2 aromatic heterocycles. The molecule has 0 bridgehead atoms. The Morgan fingerprint density at radius 2 is 2.05 bits per heavy atom. The Morgan fingerprint density at radius 3 is 2.76 bits per heavy atom. The van der Waals surface area contributed by atoms with Crippen molar-refractivity contribution in [3.05, 3.63) is 46.5 Å². The molecule has 0 saturated carbocycles. The number of thiazole rings is 1. The second-order valence-electron chi connectivity index (χ2n) is 5.14. The molecule has 0 spiro atoms. The lowest BCUT2D eigenvalue weighted by Gasteiger charge is -2.26. The molecule has 0 aliphatic carbocycles. The highest BCUT2D eigenvalue weighted by Crippen LogP contribution is 2.32. The first-order valence-corrected chi connectivity index (χ1v) is 7.33. The van der Waals surface area contributed by atoms with Gasteiger partial charge in [0.05, 0.1) is 16.7 Å².